The summed E-state index contributed by atoms with van der Waals surface area (Å²) < 4.78 is 36.6. The quantitative estimate of drug-likeness (QED) is 0.378. The number of benzene rings is 2. The smallest absolute Gasteiger partial charge is 0.143 e. The van der Waals surface area contributed by atoms with Crippen molar-refractivity contribution in [2.24, 2.45) is 0 Å². The van der Waals surface area contributed by atoms with Crippen molar-refractivity contribution in [3.05, 3.63) is 95.7 Å². The standard InChI is InChI=1S/C22H29N3O2.C6H4F2/c1-17-15-25(16-23-17)21-9-8-19(14-22(21)27-4)13-20-7-5-10-24(18(20)2)11-6-12-26-3;7-5-2-1-3-6(8)4-5/h8-9,13-16H,2,5-7,10-12H2,1,3-4H3;1-4H/b20-13+;. The number of allylic oxidation sites excluding steroid dienone is 1. The highest BCUT2D eigenvalue weighted by Crippen LogP contribution is 2.30. The van der Waals surface area contributed by atoms with Gasteiger partial charge >= 0.3 is 0 Å². The summed E-state index contributed by atoms with van der Waals surface area (Å²) in [4.78, 5) is 6.67. The molecule has 7 heteroatoms. The first-order valence-electron chi connectivity index (χ1n) is 11.6. The van der Waals surface area contributed by atoms with E-state index in [1.54, 1.807) is 14.2 Å². The maximum absolute atomic E-state index is 11.9. The Labute approximate surface area is 206 Å². The van der Waals surface area contributed by atoms with E-state index in [0.29, 0.717) is 0 Å². The zero-order valence-electron chi connectivity index (χ0n) is 20.6. The molecule has 0 saturated carbocycles. The first kappa shape index (κ1) is 26.2. The number of ether oxygens (including phenoxy) is 2. The molecule has 1 aliphatic heterocycles. The van der Waals surface area contributed by atoms with Crippen LogP contribution in [0.3, 0.4) is 0 Å². The lowest BCUT2D eigenvalue weighted by molar-refractivity contribution is 0.179. The Morgan fingerprint density at radius 2 is 1.89 bits per heavy atom. The van der Waals surface area contributed by atoms with E-state index in [0.717, 1.165) is 73.4 Å². The van der Waals surface area contributed by atoms with Gasteiger partial charge in [-0.1, -0.05) is 18.7 Å². The predicted molar refractivity (Wildman–Crippen MR) is 136 cm³/mol. The molecule has 0 unspecified atom stereocenters. The zero-order valence-corrected chi connectivity index (χ0v) is 20.6. The molecular formula is C28H33F2N3O2. The Balaban J connectivity index is 0.000000363. The summed E-state index contributed by atoms with van der Waals surface area (Å²) >= 11 is 0. The van der Waals surface area contributed by atoms with Gasteiger partial charge in [0, 0.05) is 44.8 Å². The number of likely N-dealkylation sites (tertiary alicyclic amines) is 1. The van der Waals surface area contributed by atoms with Crippen LogP contribution >= 0.6 is 0 Å². The fourth-order valence-corrected chi connectivity index (χ4v) is 3.96. The number of piperidine rings is 1. The van der Waals surface area contributed by atoms with Crippen molar-refractivity contribution >= 4 is 6.08 Å². The van der Waals surface area contributed by atoms with E-state index in [9.17, 15) is 8.78 Å². The number of nitrogens with zero attached hydrogens (tertiary/aromatic N) is 3. The molecule has 2 heterocycles. The van der Waals surface area contributed by atoms with Crippen LogP contribution in [0.2, 0.25) is 0 Å². The van der Waals surface area contributed by atoms with E-state index in [-0.39, 0.29) is 0 Å². The van der Waals surface area contributed by atoms with Gasteiger partial charge in [0.25, 0.3) is 0 Å². The SMILES string of the molecule is C=C1/C(=C/c2ccc(-n3cnc(C)c3)c(OC)c2)CCCN1CCCOC.Fc1cccc(F)c1. The number of halogens is 2. The third-order valence-corrected chi connectivity index (χ3v) is 5.72. The first-order valence-corrected chi connectivity index (χ1v) is 11.6. The number of hydrogen-bond donors (Lipinski definition) is 0. The van der Waals surface area contributed by atoms with Gasteiger partial charge in [-0.3, -0.25) is 0 Å². The van der Waals surface area contributed by atoms with Gasteiger partial charge in [-0.05, 0) is 67.7 Å². The number of aryl methyl sites for hydroxylation is 1. The molecule has 0 spiro atoms. The second-order valence-electron chi connectivity index (χ2n) is 8.35. The van der Waals surface area contributed by atoms with Crippen LogP contribution in [0, 0.1) is 18.6 Å². The molecule has 0 N–H and O–H groups in total. The van der Waals surface area contributed by atoms with Gasteiger partial charge in [0.2, 0.25) is 0 Å². The van der Waals surface area contributed by atoms with Gasteiger partial charge in [0.15, 0.2) is 0 Å². The third kappa shape index (κ3) is 7.52. The van der Waals surface area contributed by atoms with Crippen LogP contribution in [0.1, 0.15) is 30.5 Å². The maximum Gasteiger partial charge on any atom is 0.143 e. The van der Waals surface area contributed by atoms with Crippen LogP contribution in [0.4, 0.5) is 8.78 Å². The lowest BCUT2D eigenvalue weighted by Gasteiger charge is -2.33. The lowest BCUT2D eigenvalue weighted by Crippen LogP contribution is -2.30. The minimum Gasteiger partial charge on any atom is -0.495 e. The Kier molecular flexibility index (Phi) is 9.61. The van der Waals surface area contributed by atoms with Crippen LogP contribution in [0.5, 0.6) is 5.75 Å². The highest BCUT2D eigenvalue weighted by molar-refractivity contribution is 5.63. The van der Waals surface area contributed by atoms with E-state index < -0.39 is 11.6 Å². The van der Waals surface area contributed by atoms with Crippen molar-refractivity contribution in [1.82, 2.24) is 14.5 Å². The summed E-state index contributed by atoms with van der Waals surface area (Å²) in [6.45, 7) is 9.17. The van der Waals surface area contributed by atoms with E-state index >= 15 is 0 Å². The molecule has 1 aromatic heterocycles. The second kappa shape index (κ2) is 12.9. The third-order valence-electron chi connectivity index (χ3n) is 5.72. The van der Waals surface area contributed by atoms with E-state index in [4.69, 9.17) is 9.47 Å². The Morgan fingerprint density at radius 3 is 2.49 bits per heavy atom. The molecule has 4 rings (SSSR count). The number of imidazole rings is 1. The number of rotatable bonds is 7. The normalized spacial score (nSPS) is 14.6. The summed E-state index contributed by atoms with van der Waals surface area (Å²) in [7, 11) is 3.45. The monoisotopic (exact) mass is 481 g/mol. The van der Waals surface area contributed by atoms with Gasteiger partial charge in [-0.25, -0.2) is 13.8 Å². The highest BCUT2D eigenvalue weighted by atomic mass is 19.1. The van der Waals surface area contributed by atoms with Crippen molar-refractivity contribution in [1.29, 1.82) is 0 Å². The minimum atomic E-state index is -0.537. The predicted octanol–water partition coefficient (Wildman–Crippen LogP) is 6.18. The Hall–Kier alpha value is -3.45. The van der Waals surface area contributed by atoms with E-state index in [1.807, 2.05) is 24.0 Å². The molecule has 0 radical (unpaired) electrons. The van der Waals surface area contributed by atoms with Crippen molar-refractivity contribution in [2.45, 2.75) is 26.2 Å². The van der Waals surface area contributed by atoms with Crippen LogP contribution in [0.25, 0.3) is 11.8 Å². The summed E-state index contributed by atoms with van der Waals surface area (Å²) in [6.07, 6.45) is 9.28. The van der Waals surface area contributed by atoms with Gasteiger partial charge in [0.1, 0.15) is 17.4 Å². The molecule has 0 atom stereocenters. The van der Waals surface area contributed by atoms with Crippen molar-refractivity contribution in [3.8, 4) is 11.4 Å². The van der Waals surface area contributed by atoms with Crippen molar-refractivity contribution < 1.29 is 18.3 Å². The van der Waals surface area contributed by atoms with Crippen LogP contribution in [-0.4, -0.2) is 48.4 Å². The molecule has 0 amide bonds. The number of methoxy groups -OCH3 is 2. The molecule has 0 aliphatic carbocycles. The molecule has 186 valence electrons. The molecule has 0 bridgehead atoms. The molecular weight excluding hydrogens is 448 g/mol. The van der Waals surface area contributed by atoms with Gasteiger partial charge in [-0.15, -0.1) is 0 Å². The molecule has 1 fully saturated rings. The van der Waals surface area contributed by atoms with E-state index in [2.05, 4.69) is 40.7 Å². The molecule has 5 nitrogen and oxygen atoms in total. The van der Waals surface area contributed by atoms with Gasteiger partial charge in [0.05, 0.1) is 24.8 Å². The molecule has 3 aromatic rings. The van der Waals surface area contributed by atoms with Crippen molar-refractivity contribution in [2.75, 3.05) is 33.9 Å². The van der Waals surface area contributed by atoms with Crippen molar-refractivity contribution in [3.63, 3.8) is 0 Å². The fourth-order valence-electron chi connectivity index (χ4n) is 3.96. The molecule has 1 saturated heterocycles. The Bertz CT molecular complexity index is 1140. The topological polar surface area (TPSA) is 39.5 Å². The highest BCUT2D eigenvalue weighted by Gasteiger charge is 2.17. The molecule has 35 heavy (non-hydrogen) atoms. The largest absolute Gasteiger partial charge is 0.495 e. The van der Waals surface area contributed by atoms with Crippen LogP contribution < -0.4 is 4.74 Å². The maximum atomic E-state index is 11.9. The molecule has 2 aromatic carbocycles. The second-order valence-corrected chi connectivity index (χ2v) is 8.35. The number of hydrogen-bond acceptors (Lipinski definition) is 4. The van der Waals surface area contributed by atoms with Gasteiger partial charge in [-0.2, -0.15) is 0 Å². The van der Waals surface area contributed by atoms with Gasteiger partial charge < -0.3 is 18.9 Å². The summed E-state index contributed by atoms with van der Waals surface area (Å²) in [5.41, 5.74) is 5.53. The van der Waals surface area contributed by atoms with E-state index in [1.165, 1.54) is 23.8 Å². The minimum absolute atomic E-state index is 0.537. The van der Waals surface area contributed by atoms with Crippen LogP contribution in [0.15, 0.2) is 72.8 Å². The summed E-state index contributed by atoms with van der Waals surface area (Å²) in [5, 5.41) is 0. The summed E-state index contributed by atoms with van der Waals surface area (Å²) in [5.74, 6) is -0.241. The number of aromatic nitrogens is 2. The molecule has 1 aliphatic rings. The Morgan fingerprint density at radius 1 is 1.11 bits per heavy atom. The first-order chi connectivity index (χ1) is 16.9. The van der Waals surface area contributed by atoms with Crippen LogP contribution in [-0.2, 0) is 4.74 Å². The summed E-state index contributed by atoms with van der Waals surface area (Å²) in [6, 6.07) is 10.8. The fraction of sp³-hybridized carbons (Fsp3) is 0.321. The average Bonchev–Trinajstić information content (AvgIpc) is 3.27. The average molecular weight is 482 g/mol. The lowest BCUT2D eigenvalue weighted by atomic mass is 9.98. The zero-order chi connectivity index (χ0) is 25.2.